The fourth-order valence-corrected chi connectivity index (χ4v) is 7.48. The molecular formula is C30H56O3Si. The van der Waals surface area contributed by atoms with Crippen LogP contribution in [0.1, 0.15) is 129 Å². The monoisotopic (exact) mass is 492 g/mol. The third-order valence-corrected chi connectivity index (χ3v) is 9.79. The highest BCUT2D eigenvalue weighted by atomic mass is 28.4. The third kappa shape index (κ3) is 16.9. The van der Waals surface area contributed by atoms with Crippen molar-refractivity contribution in [2.24, 2.45) is 0 Å². The highest BCUT2D eigenvalue weighted by molar-refractivity contribution is 6.60. The first-order valence-electron chi connectivity index (χ1n) is 14.7. The molecule has 1 aromatic rings. The minimum absolute atomic E-state index is 0.682. The van der Waals surface area contributed by atoms with Crippen LogP contribution in [-0.4, -0.2) is 28.6 Å². The summed E-state index contributed by atoms with van der Waals surface area (Å²) in [5, 5.41) is 0. The normalized spacial score (nSPS) is 11.9. The smallest absolute Gasteiger partial charge is 0.374 e. The van der Waals surface area contributed by atoms with Gasteiger partial charge < -0.3 is 13.3 Å². The Morgan fingerprint density at radius 3 is 1.21 bits per heavy atom. The van der Waals surface area contributed by atoms with E-state index >= 15 is 0 Å². The van der Waals surface area contributed by atoms with Crippen LogP contribution in [-0.2, 0) is 19.7 Å². The van der Waals surface area contributed by atoms with Gasteiger partial charge in [-0.2, -0.15) is 0 Å². The first kappa shape index (κ1) is 31.3. The largest absolute Gasteiger partial charge is 0.500 e. The standard InChI is InChI=1S/C30H56O3Si/c1-4-31-34(32-5-2,33-6-3)29-25-20-18-16-14-12-10-8-7-9-11-13-15-17-19-22-26-30-27-23-21-24-28-30/h21,23-24,27-28H,4-20,22,25-26,29H2,1-3H3. The summed E-state index contributed by atoms with van der Waals surface area (Å²) in [6.45, 7) is 8.16. The van der Waals surface area contributed by atoms with Crippen molar-refractivity contribution in [3.8, 4) is 0 Å². The lowest BCUT2D eigenvalue weighted by Gasteiger charge is -2.28. The molecule has 1 rings (SSSR count). The Hall–Kier alpha value is -0.683. The summed E-state index contributed by atoms with van der Waals surface area (Å²) in [6, 6.07) is 11.9. The van der Waals surface area contributed by atoms with Crippen LogP contribution in [0.2, 0.25) is 6.04 Å². The maximum Gasteiger partial charge on any atom is 0.500 e. The molecule has 0 saturated carbocycles. The minimum Gasteiger partial charge on any atom is -0.374 e. The van der Waals surface area contributed by atoms with E-state index in [1.807, 2.05) is 20.8 Å². The Morgan fingerprint density at radius 1 is 0.471 bits per heavy atom. The SMILES string of the molecule is CCO[Si](CCCCCCCCCCCCCCCCCCc1ccccc1)(OCC)OCC. The molecule has 0 atom stereocenters. The van der Waals surface area contributed by atoms with Gasteiger partial charge in [-0.05, 0) is 45.6 Å². The average molecular weight is 493 g/mol. The van der Waals surface area contributed by atoms with Gasteiger partial charge in [0.2, 0.25) is 0 Å². The first-order chi connectivity index (χ1) is 16.8. The van der Waals surface area contributed by atoms with Crippen molar-refractivity contribution in [3.05, 3.63) is 35.9 Å². The molecule has 0 amide bonds. The summed E-state index contributed by atoms with van der Waals surface area (Å²) in [4.78, 5) is 0. The van der Waals surface area contributed by atoms with Crippen LogP contribution in [0, 0.1) is 0 Å². The van der Waals surface area contributed by atoms with E-state index < -0.39 is 8.80 Å². The van der Waals surface area contributed by atoms with E-state index in [9.17, 15) is 0 Å². The maximum atomic E-state index is 5.95. The van der Waals surface area contributed by atoms with Crippen molar-refractivity contribution in [2.75, 3.05) is 19.8 Å². The Labute approximate surface area is 213 Å². The molecule has 198 valence electrons. The third-order valence-electron chi connectivity index (χ3n) is 6.63. The molecule has 0 spiro atoms. The summed E-state index contributed by atoms with van der Waals surface area (Å²) < 4.78 is 17.8. The highest BCUT2D eigenvalue weighted by Gasteiger charge is 2.39. The van der Waals surface area contributed by atoms with Crippen molar-refractivity contribution in [2.45, 2.75) is 136 Å². The van der Waals surface area contributed by atoms with Gasteiger partial charge in [-0.3, -0.25) is 0 Å². The Kier molecular flexibility index (Phi) is 21.0. The van der Waals surface area contributed by atoms with Crippen molar-refractivity contribution in [1.29, 1.82) is 0 Å². The molecule has 0 unspecified atom stereocenters. The van der Waals surface area contributed by atoms with E-state index in [-0.39, 0.29) is 0 Å². The summed E-state index contributed by atoms with van der Waals surface area (Å²) in [7, 11) is -2.42. The Bertz CT molecular complexity index is 520. The van der Waals surface area contributed by atoms with Gasteiger partial charge in [0.25, 0.3) is 0 Å². The highest BCUT2D eigenvalue weighted by Crippen LogP contribution is 2.21. The van der Waals surface area contributed by atoms with Crippen LogP contribution in [0.25, 0.3) is 0 Å². The van der Waals surface area contributed by atoms with E-state index in [4.69, 9.17) is 13.3 Å². The van der Waals surface area contributed by atoms with Gasteiger partial charge in [-0.25, -0.2) is 0 Å². The van der Waals surface area contributed by atoms with Crippen molar-refractivity contribution >= 4 is 8.80 Å². The zero-order chi connectivity index (χ0) is 24.6. The topological polar surface area (TPSA) is 27.7 Å². The van der Waals surface area contributed by atoms with Gasteiger partial charge in [0, 0.05) is 25.9 Å². The first-order valence-corrected chi connectivity index (χ1v) is 16.6. The molecule has 34 heavy (non-hydrogen) atoms. The van der Waals surface area contributed by atoms with Gasteiger partial charge in [-0.15, -0.1) is 0 Å². The molecule has 0 heterocycles. The fraction of sp³-hybridized carbons (Fsp3) is 0.800. The predicted molar refractivity (Wildman–Crippen MR) is 149 cm³/mol. The lowest BCUT2D eigenvalue weighted by atomic mass is 10.0. The molecule has 0 aromatic heterocycles. The van der Waals surface area contributed by atoms with E-state index in [0.29, 0.717) is 19.8 Å². The molecule has 0 aliphatic heterocycles. The zero-order valence-electron chi connectivity index (χ0n) is 23.0. The lowest BCUT2D eigenvalue weighted by Crippen LogP contribution is -2.45. The van der Waals surface area contributed by atoms with E-state index in [1.165, 1.54) is 115 Å². The summed E-state index contributed by atoms with van der Waals surface area (Å²) in [5.74, 6) is 0. The molecule has 0 aliphatic carbocycles. The van der Waals surface area contributed by atoms with Crippen LogP contribution in [0.15, 0.2) is 30.3 Å². The zero-order valence-corrected chi connectivity index (χ0v) is 24.0. The minimum atomic E-state index is -2.42. The Balaban J connectivity index is 1.82. The van der Waals surface area contributed by atoms with Crippen molar-refractivity contribution < 1.29 is 13.3 Å². The number of hydrogen-bond acceptors (Lipinski definition) is 3. The number of aryl methyl sites for hydroxylation is 1. The molecule has 0 bridgehead atoms. The van der Waals surface area contributed by atoms with Crippen LogP contribution in [0.3, 0.4) is 0 Å². The molecule has 3 nitrogen and oxygen atoms in total. The quantitative estimate of drug-likeness (QED) is 0.100. The average Bonchev–Trinajstić information content (AvgIpc) is 2.84. The summed E-state index contributed by atoms with van der Waals surface area (Å²) >= 11 is 0. The Morgan fingerprint density at radius 2 is 0.824 bits per heavy atom. The van der Waals surface area contributed by atoms with E-state index in [0.717, 1.165) is 6.04 Å². The maximum absolute atomic E-state index is 5.95. The number of benzene rings is 1. The number of rotatable bonds is 25. The molecule has 0 radical (unpaired) electrons. The van der Waals surface area contributed by atoms with Gasteiger partial charge >= 0.3 is 8.80 Å². The van der Waals surface area contributed by atoms with Gasteiger partial charge in [0.1, 0.15) is 0 Å². The lowest BCUT2D eigenvalue weighted by molar-refractivity contribution is 0.0706. The van der Waals surface area contributed by atoms with Crippen molar-refractivity contribution in [1.82, 2.24) is 0 Å². The molecule has 4 heteroatoms. The van der Waals surface area contributed by atoms with Gasteiger partial charge in [0.05, 0.1) is 0 Å². The van der Waals surface area contributed by atoms with Crippen molar-refractivity contribution in [3.63, 3.8) is 0 Å². The molecule has 0 aliphatic rings. The molecule has 0 saturated heterocycles. The number of unbranched alkanes of at least 4 members (excludes halogenated alkanes) is 15. The second-order valence-corrected chi connectivity index (χ2v) is 12.4. The predicted octanol–water partition coefficient (Wildman–Crippen LogP) is 9.52. The summed E-state index contributed by atoms with van der Waals surface area (Å²) in [6.07, 6.45) is 23.4. The molecular weight excluding hydrogens is 436 g/mol. The summed E-state index contributed by atoms with van der Waals surface area (Å²) in [5.41, 5.74) is 1.49. The molecule has 0 N–H and O–H groups in total. The van der Waals surface area contributed by atoms with Crippen LogP contribution >= 0.6 is 0 Å². The molecule has 0 fully saturated rings. The van der Waals surface area contributed by atoms with Gasteiger partial charge in [0.15, 0.2) is 0 Å². The second-order valence-electron chi connectivity index (χ2n) is 9.62. The fourth-order valence-electron chi connectivity index (χ4n) is 4.79. The van der Waals surface area contributed by atoms with Crippen LogP contribution in [0.4, 0.5) is 0 Å². The van der Waals surface area contributed by atoms with E-state index in [2.05, 4.69) is 30.3 Å². The molecule has 1 aromatic carbocycles. The number of hydrogen-bond donors (Lipinski definition) is 0. The van der Waals surface area contributed by atoms with E-state index in [1.54, 1.807) is 0 Å². The van der Waals surface area contributed by atoms with Gasteiger partial charge in [-0.1, -0.05) is 120 Å². The second kappa shape index (κ2) is 22.8. The van der Waals surface area contributed by atoms with Crippen LogP contribution in [0.5, 0.6) is 0 Å². The van der Waals surface area contributed by atoms with Crippen LogP contribution < -0.4 is 0 Å².